The molecule has 2 aromatic heterocycles. The Kier molecular flexibility index (Phi) is 4.85. The highest BCUT2D eigenvalue weighted by Gasteiger charge is 2.32. The van der Waals surface area contributed by atoms with Crippen molar-refractivity contribution in [3.63, 3.8) is 0 Å². The molecule has 2 aromatic rings. The molecule has 0 aliphatic rings. The van der Waals surface area contributed by atoms with Crippen molar-refractivity contribution in [1.29, 1.82) is 0 Å². The molecule has 112 valence electrons. The second-order valence-electron chi connectivity index (χ2n) is 4.29. The van der Waals surface area contributed by atoms with Crippen molar-refractivity contribution in [3.05, 3.63) is 52.6 Å². The van der Waals surface area contributed by atoms with Crippen LogP contribution in [0.4, 0.5) is 13.2 Å². The molecule has 0 N–H and O–H groups in total. The number of carbonyl (C=O) groups is 1. The fraction of sp³-hybridized carbons (Fsp3) is 0.214. The van der Waals surface area contributed by atoms with E-state index >= 15 is 0 Å². The average Bonchev–Trinajstić information content (AvgIpc) is 3.06. The molecule has 0 spiro atoms. The smallest absolute Gasteiger partial charge is 0.406 e. The van der Waals surface area contributed by atoms with E-state index in [4.69, 9.17) is 4.42 Å². The number of halogens is 3. The Hall–Kier alpha value is -2.02. The van der Waals surface area contributed by atoms with Gasteiger partial charge in [-0.2, -0.15) is 24.5 Å². The van der Waals surface area contributed by atoms with Gasteiger partial charge in [-0.25, -0.2) is 0 Å². The van der Waals surface area contributed by atoms with Crippen LogP contribution >= 0.6 is 11.3 Å². The van der Waals surface area contributed by atoms with Gasteiger partial charge in [-0.05, 0) is 40.6 Å². The van der Waals surface area contributed by atoms with Gasteiger partial charge in [-0.1, -0.05) is 0 Å². The quantitative estimate of drug-likeness (QED) is 0.783. The number of alkyl halides is 3. The van der Waals surface area contributed by atoms with E-state index < -0.39 is 18.6 Å². The highest BCUT2D eigenvalue weighted by molar-refractivity contribution is 7.07. The lowest BCUT2D eigenvalue weighted by molar-refractivity contribution is -0.159. The first-order chi connectivity index (χ1) is 9.94. The maximum absolute atomic E-state index is 12.6. The highest BCUT2D eigenvalue weighted by Crippen LogP contribution is 2.19. The number of amides is 1. The van der Waals surface area contributed by atoms with Crippen LogP contribution in [0.3, 0.4) is 0 Å². The van der Waals surface area contributed by atoms with Gasteiger partial charge >= 0.3 is 6.18 Å². The molecule has 7 heteroatoms. The van der Waals surface area contributed by atoms with Crippen LogP contribution in [0.5, 0.6) is 0 Å². The molecule has 0 fully saturated rings. The van der Waals surface area contributed by atoms with Crippen LogP contribution in [0.25, 0.3) is 6.08 Å². The summed E-state index contributed by atoms with van der Waals surface area (Å²) >= 11 is 1.37. The van der Waals surface area contributed by atoms with Crippen molar-refractivity contribution >= 4 is 23.3 Å². The first-order valence-corrected chi connectivity index (χ1v) is 6.96. The molecule has 0 unspecified atom stereocenters. The molecule has 0 aliphatic carbocycles. The van der Waals surface area contributed by atoms with Gasteiger partial charge in [0.2, 0.25) is 5.91 Å². The predicted octanol–water partition coefficient (Wildman–Crippen LogP) is 3.95. The van der Waals surface area contributed by atoms with Gasteiger partial charge in [0.15, 0.2) is 0 Å². The second kappa shape index (κ2) is 6.62. The molecule has 21 heavy (non-hydrogen) atoms. The number of nitrogens with zero attached hydrogens (tertiary/aromatic N) is 1. The summed E-state index contributed by atoms with van der Waals surface area (Å²) < 4.78 is 42.7. The van der Waals surface area contributed by atoms with E-state index in [9.17, 15) is 18.0 Å². The van der Waals surface area contributed by atoms with Gasteiger partial charge in [0.05, 0.1) is 6.26 Å². The van der Waals surface area contributed by atoms with Crippen molar-refractivity contribution in [2.45, 2.75) is 12.7 Å². The van der Waals surface area contributed by atoms with Crippen LogP contribution < -0.4 is 0 Å². The monoisotopic (exact) mass is 315 g/mol. The van der Waals surface area contributed by atoms with E-state index in [0.717, 1.165) is 11.0 Å². The average molecular weight is 315 g/mol. The number of hydrogen-bond acceptors (Lipinski definition) is 3. The minimum Gasteiger partial charge on any atom is -0.465 e. The van der Waals surface area contributed by atoms with Gasteiger partial charge in [-0.3, -0.25) is 4.79 Å². The van der Waals surface area contributed by atoms with Gasteiger partial charge in [0.1, 0.15) is 12.3 Å². The lowest BCUT2D eigenvalue weighted by Crippen LogP contribution is -2.37. The zero-order valence-corrected chi connectivity index (χ0v) is 11.7. The maximum Gasteiger partial charge on any atom is 0.406 e. The fourth-order valence-corrected chi connectivity index (χ4v) is 2.34. The number of hydrogen-bond donors (Lipinski definition) is 0. The number of furan rings is 1. The van der Waals surface area contributed by atoms with Gasteiger partial charge in [0, 0.05) is 12.6 Å². The molecule has 2 heterocycles. The molecular weight excluding hydrogens is 303 g/mol. The molecular formula is C14H12F3NO2S. The van der Waals surface area contributed by atoms with Gasteiger partial charge in [0.25, 0.3) is 0 Å². The predicted molar refractivity (Wildman–Crippen MR) is 73.5 cm³/mol. The Morgan fingerprint density at radius 2 is 2.19 bits per heavy atom. The Balaban J connectivity index is 2.08. The van der Waals surface area contributed by atoms with Gasteiger partial charge < -0.3 is 9.32 Å². The molecule has 0 aromatic carbocycles. The van der Waals surface area contributed by atoms with Crippen molar-refractivity contribution in [2.24, 2.45) is 0 Å². The fourth-order valence-electron chi connectivity index (χ4n) is 1.68. The zero-order valence-electron chi connectivity index (χ0n) is 10.8. The summed E-state index contributed by atoms with van der Waals surface area (Å²) in [5, 5.41) is 3.47. The Bertz CT molecular complexity index is 588. The van der Waals surface area contributed by atoms with Crippen molar-refractivity contribution < 1.29 is 22.4 Å². The number of thiophene rings is 1. The Labute approximate surface area is 123 Å². The second-order valence-corrected chi connectivity index (χ2v) is 5.07. The summed E-state index contributed by atoms with van der Waals surface area (Å²) in [7, 11) is 0. The Morgan fingerprint density at radius 3 is 2.76 bits per heavy atom. The summed E-state index contributed by atoms with van der Waals surface area (Å²) in [4.78, 5) is 12.7. The van der Waals surface area contributed by atoms with Crippen LogP contribution in [0, 0.1) is 0 Å². The summed E-state index contributed by atoms with van der Waals surface area (Å²) in [6.45, 7) is -1.37. The van der Waals surface area contributed by atoms with E-state index in [1.807, 2.05) is 0 Å². The maximum atomic E-state index is 12.6. The standard InChI is InChI=1S/C14H12F3NO2S/c15-14(16,17)10-18(8-11-5-7-21-9-11)13(19)4-3-12-2-1-6-20-12/h1-7,9H,8,10H2/b4-3+. The highest BCUT2D eigenvalue weighted by atomic mass is 32.1. The van der Waals surface area contributed by atoms with Crippen LogP contribution in [-0.4, -0.2) is 23.5 Å². The van der Waals surface area contributed by atoms with Crippen molar-refractivity contribution in [2.75, 3.05) is 6.54 Å². The van der Waals surface area contributed by atoms with Crippen molar-refractivity contribution in [3.8, 4) is 0 Å². The third-order valence-corrected chi connectivity index (χ3v) is 3.30. The third-order valence-electron chi connectivity index (χ3n) is 2.57. The van der Waals surface area contributed by atoms with E-state index in [-0.39, 0.29) is 6.54 Å². The topological polar surface area (TPSA) is 33.5 Å². The molecule has 0 bridgehead atoms. The lowest BCUT2D eigenvalue weighted by Gasteiger charge is -2.22. The minimum atomic E-state index is -4.44. The molecule has 0 saturated heterocycles. The van der Waals surface area contributed by atoms with E-state index in [1.165, 1.54) is 23.7 Å². The molecule has 0 saturated carbocycles. The Morgan fingerprint density at radius 1 is 1.38 bits per heavy atom. The first kappa shape index (κ1) is 15.4. The summed E-state index contributed by atoms with van der Waals surface area (Å²) in [6.07, 6.45) is -0.594. The summed E-state index contributed by atoms with van der Waals surface area (Å²) in [6, 6.07) is 4.93. The van der Waals surface area contributed by atoms with Crippen molar-refractivity contribution in [1.82, 2.24) is 4.90 Å². The first-order valence-electron chi connectivity index (χ1n) is 6.02. The SMILES string of the molecule is O=C(/C=C/c1ccco1)N(Cc1ccsc1)CC(F)(F)F. The van der Waals surface area contributed by atoms with E-state index in [0.29, 0.717) is 11.3 Å². The molecule has 0 radical (unpaired) electrons. The number of rotatable bonds is 5. The van der Waals surface area contributed by atoms with Gasteiger partial charge in [-0.15, -0.1) is 0 Å². The molecule has 1 amide bonds. The summed E-state index contributed by atoms with van der Waals surface area (Å²) in [5.41, 5.74) is 0.670. The van der Waals surface area contributed by atoms with E-state index in [1.54, 1.807) is 29.0 Å². The molecule has 3 nitrogen and oxygen atoms in total. The van der Waals surface area contributed by atoms with Crippen LogP contribution in [-0.2, 0) is 11.3 Å². The minimum absolute atomic E-state index is 0.0790. The molecule has 0 atom stereocenters. The van der Waals surface area contributed by atoms with E-state index in [2.05, 4.69) is 0 Å². The van der Waals surface area contributed by atoms with Crippen LogP contribution in [0.15, 0.2) is 45.7 Å². The zero-order chi connectivity index (χ0) is 15.3. The largest absolute Gasteiger partial charge is 0.465 e. The third kappa shape index (κ3) is 5.11. The normalized spacial score (nSPS) is 12.0. The lowest BCUT2D eigenvalue weighted by atomic mass is 10.3. The summed E-state index contributed by atoms with van der Waals surface area (Å²) in [5.74, 6) is -0.305. The van der Waals surface area contributed by atoms with Crippen LogP contribution in [0.1, 0.15) is 11.3 Å². The van der Waals surface area contributed by atoms with Crippen LogP contribution in [0.2, 0.25) is 0 Å². The molecule has 0 aliphatic heterocycles. The molecule has 2 rings (SSSR count). The number of carbonyl (C=O) groups excluding carboxylic acids is 1.